The van der Waals surface area contributed by atoms with Crippen LogP contribution in [0, 0.1) is 6.92 Å². The molecule has 0 N–H and O–H groups in total. The zero-order chi connectivity index (χ0) is 22.7. The average Bonchev–Trinajstić information content (AvgIpc) is 3.22. The van der Waals surface area contributed by atoms with Crippen molar-refractivity contribution in [2.75, 3.05) is 0 Å². The van der Waals surface area contributed by atoms with Crippen LogP contribution in [-0.2, 0) is 0 Å². The second-order valence-electron chi connectivity index (χ2n) is 9.17. The average molecular weight is 450 g/mol. The van der Waals surface area contributed by atoms with Gasteiger partial charge in [-0.25, -0.2) is 0 Å². The Hall–Kier alpha value is -4.01. The Labute approximate surface area is 200 Å². The van der Waals surface area contributed by atoms with E-state index in [1.54, 1.807) is 0 Å². The van der Waals surface area contributed by atoms with Crippen LogP contribution in [0.1, 0.15) is 5.69 Å². The van der Waals surface area contributed by atoms with Gasteiger partial charge in [0.25, 0.3) is 0 Å². The molecule has 7 rings (SSSR count). The van der Waals surface area contributed by atoms with Crippen molar-refractivity contribution in [3.05, 3.63) is 127 Å². The predicted molar refractivity (Wildman–Crippen MR) is 147 cm³/mol. The van der Waals surface area contributed by atoms with Crippen molar-refractivity contribution in [2.45, 2.75) is 6.92 Å². The minimum atomic E-state index is -2.56. The third-order valence-electron chi connectivity index (χ3n) is 7.39. The summed E-state index contributed by atoms with van der Waals surface area (Å²) < 4.78 is 0. The fourth-order valence-electron chi connectivity index (χ4n) is 6.12. The highest BCUT2D eigenvalue weighted by Crippen LogP contribution is 2.38. The second kappa shape index (κ2) is 7.24. The molecule has 0 atom stereocenters. The first-order valence-corrected chi connectivity index (χ1v) is 13.8. The summed E-state index contributed by atoms with van der Waals surface area (Å²) in [6.45, 7) is 2.09. The minimum absolute atomic E-state index is 1.06. The number of hydrogen-bond acceptors (Lipinski definition) is 1. The van der Waals surface area contributed by atoms with Crippen LogP contribution in [0.4, 0.5) is 0 Å². The SMILES string of the molecule is Cc1ccc2c3c(c4ccccc4c2n1)-c1ccccc1[Si]3(c1ccccc1)c1ccccc1. The van der Waals surface area contributed by atoms with E-state index in [2.05, 4.69) is 128 Å². The van der Waals surface area contributed by atoms with Crippen LogP contribution in [0.25, 0.3) is 32.8 Å². The van der Waals surface area contributed by atoms with E-state index >= 15 is 0 Å². The molecule has 5 aromatic carbocycles. The molecule has 1 aliphatic rings. The summed E-state index contributed by atoms with van der Waals surface area (Å²) in [6, 6.07) is 44.8. The van der Waals surface area contributed by atoms with Crippen LogP contribution in [0.2, 0.25) is 0 Å². The van der Waals surface area contributed by atoms with Crippen molar-refractivity contribution >= 4 is 50.5 Å². The number of fused-ring (bicyclic) bond motifs is 8. The monoisotopic (exact) mass is 449 g/mol. The first kappa shape index (κ1) is 19.5. The Morgan fingerprint density at radius 2 is 1.12 bits per heavy atom. The van der Waals surface area contributed by atoms with Gasteiger partial charge >= 0.3 is 0 Å². The molecular weight excluding hydrogens is 426 g/mol. The molecule has 0 fully saturated rings. The molecule has 34 heavy (non-hydrogen) atoms. The lowest BCUT2D eigenvalue weighted by molar-refractivity contribution is 1.26. The summed E-state index contributed by atoms with van der Waals surface area (Å²) in [7, 11) is -2.56. The molecule has 0 aliphatic carbocycles. The van der Waals surface area contributed by atoms with Gasteiger partial charge in [-0.1, -0.05) is 115 Å². The number of aromatic nitrogens is 1. The number of nitrogens with zero attached hydrogens (tertiary/aromatic N) is 1. The molecule has 0 saturated heterocycles. The number of benzene rings is 5. The molecule has 1 nitrogen and oxygen atoms in total. The zero-order valence-electron chi connectivity index (χ0n) is 19.0. The third kappa shape index (κ3) is 2.46. The Balaban J connectivity index is 1.81. The van der Waals surface area contributed by atoms with Crippen molar-refractivity contribution in [3.8, 4) is 11.1 Å². The molecule has 0 unspecified atom stereocenters. The number of pyridine rings is 1. The smallest absolute Gasteiger partial charge is 0.181 e. The fraction of sp³-hybridized carbons (Fsp3) is 0.0312. The maximum atomic E-state index is 5.12. The molecular formula is C32H23NSi. The summed E-state index contributed by atoms with van der Waals surface area (Å²) in [6.07, 6.45) is 0. The molecule has 160 valence electrons. The van der Waals surface area contributed by atoms with Crippen LogP contribution in [0.5, 0.6) is 0 Å². The van der Waals surface area contributed by atoms with Crippen molar-refractivity contribution in [1.29, 1.82) is 0 Å². The van der Waals surface area contributed by atoms with Gasteiger partial charge in [0.1, 0.15) is 0 Å². The molecule has 2 heteroatoms. The van der Waals surface area contributed by atoms with E-state index in [0.717, 1.165) is 11.2 Å². The van der Waals surface area contributed by atoms with Gasteiger partial charge in [0, 0.05) is 16.5 Å². The lowest BCUT2D eigenvalue weighted by Crippen LogP contribution is -2.73. The summed E-state index contributed by atoms with van der Waals surface area (Å²) >= 11 is 0. The van der Waals surface area contributed by atoms with Crippen molar-refractivity contribution in [3.63, 3.8) is 0 Å². The Morgan fingerprint density at radius 3 is 1.82 bits per heavy atom. The lowest BCUT2D eigenvalue weighted by atomic mass is 9.95. The molecule has 0 spiro atoms. The van der Waals surface area contributed by atoms with Gasteiger partial charge in [-0.05, 0) is 50.3 Å². The largest absolute Gasteiger partial charge is 0.252 e. The normalized spacial score (nSPS) is 13.7. The molecule has 1 aliphatic heterocycles. The van der Waals surface area contributed by atoms with Crippen LogP contribution in [0.15, 0.2) is 121 Å². The van der Waals surface area contributed by atoms with E-state index in [0.29, 0.717) is 0 Å². The molecule has 0 radical (unpaired) electrons. The third-order valence-corrected chi connectivity index (χ3v) is 12.3. The highest BCUT2D eigenvalue weighted by molar-refractivity contribution is 7.23. The maximum absolute atomic E-state index is 5.12. The molecule has 2 heterocycles. The molecule has 1 aromatic heterocycles. The van der Waals surface area contributed by atoms with Crippen LogP contribution in [-0.4, -0.2) is 13.1 Å². The van der Waals surface area contributed by atoms with Gasteiger partial charge in [-0.2, -0.15) is 0 Å². The highest BCUT2D eigenvalue weighted by atomic mass is 28.3. The Morgan fingerprint density at radius 1 is 0.529 bits per heavy atom. The zero-order valence-corrected chi connectivity index (χ0v) is 20.0. The number of hydrogen-bond donors (Lipinski definition) is 0. The maximum Gasteiger partial charge on any atom is 0.181 e. The van der Waals surface area contributed by atoms with Gasteiger partial charge in [0.05, 0.1) is 5.52 Å². The fourth-order valence-corrected chi connectivity index (χ4v) is 11.5. The van der Waals surface area contributed by atoms with Gasteiger partial charge in [-0.15, -0.1) is 0 Å². The van der Waals surface area contributed by atoms with Gasteiger partial charge in [0.2, 0.25) is 0 Å². The minimum Gasteiger partial charge on any atom is -0.252 e. The lowest BCUT2D eigenvalue weighted by Gasteiger charge is -2.32. The quantitative estimate of drug-likeness (QED) is 0.266. The molecule has 6 aromatic rings. The van der Waals surface area contributed by atoms with Crippen LogP contribution >= 0.6 is 0 Å². The Kier molecular flexibility index (Phi) is 4.14. The second-order valence-corrected chi connectivity index (χ2v) is 12.9. The van der Waals surface area contributed by atoms with Crippen molar-refractivity contribution < 1.29 is 0 Å². The molecule has 0 saturated carbocycles. The first-order valence-electron chi connectivity index (χ1n) is 11.8. The van der Waals surface area contributed by atoms with E-state index < -0.39 is 8.07 Å². The van der Waals surface area contributed by atoms with E-state index in [-0.39, 0.29) is 0 Å². The number of rotatable bonds is 2. The predicted octanol–water partition coefficient (Wildman–Crippen LogP) is 5.05. The first-order chi connectivity index (χ1) is 16.8. The van der Waals surface area contributed by atoms with E-state index in [1.807, 2.05) is 0 Å². The van der Waals surface area contributed by atoms with Crippen LogP contribution in [0.3, 0.4) is 0 Å². The summed E-state index contributed by atoms with van der Waals surface area (Å²) in [5.74, 6) is 0. The van der Waals surface area contributed by atoms with Crippen molar-refractivity contribution in [2.24, 2.45) is 0 Å². The standard InChI is InChI=1S/C32H23NSi/c1-22-20-21-28-31(33-22)26-17-9-8-16-25(26)30-27-18-10-11-19-29(27)34(32(28)30,23-12-4-2-5-13-23)24-14-6-3-7-15-24/h2-21H,1H3. The van der Waals surface area contributed by atoms with E-state index in [9.17, 15) is 0 Å². The molecule has 0 bridgehead atoms. The summed E-state index contributed by atoms with van der Waals surface area (Å²) in [5.41, 5.74) is 4.94. The van der Waals surface area contributed by atoms with Crippen molar-refractivity contribution in [1.82, 2.24) is 4.98 Å². The Bertz CT molecular complexity index is 1670. The van der Waals surface area contributed by atoms with E-state index in [1.165, 1.54) is 48.0 Å². The summed E-state index contributed by atoms with van der Waals surface area (Å²) in [4.78, 5) is 5.12. The highest BCUT2D eigenvalue weighted by Gasteiger charge is 2.50. The van der Waals surface area contributed by atoms with Gasteiger partial charge in [-0.3, -0.25) is 4.98 Å². The molecule has 0 amide bonds. The van der Waals surface area contributed by atoms with Gasteiger partial charge in [0.15, 0.2) is 8.07 Å². The van der Waals surface area contributed by atoms with E-state index in [4.69, 9.17) is 4.98 Å². The number of aryl methyl sites for hydroxylation is 1. The van der Waals surface area contributed by atoms with Gasteiger partial charge < -0.3 is 0 Å². The summed E-state index contributed by atoms with van der Waals surface area (Å²) in [5, 5.41) is 9.62. The topological polar surface area (TPSA) is 12.9 Å². The van der Waals surface area contributed by atoms with Crippen LogP contribution < -0.4 is 20.7 Å².